The van der Waals surface area contributed by atoms with Crippen molar-refractivity contribution in [2.24, 2.45) is 7.05 Å². The lowest BCUT2D eigenvalue weighted by Crippen LogP contribution is -2.21. The number of aromatic nitrogens is 2. The molecule has 0 aliphatic carbocycles. The van der Waals surface area contributed by atoms with Gasteiger partial charge >= 0.3 is 6.03 Å². The highest BCUT2D eigenvalue weighted by Gasteiger charge is 2.12. The largest absolute Gasteiger partial charge is 0.324 e. The van der Waals surface area contributed by atoms with Crippen LogP contribution in [0.2, 0.25) is 10.0 Å². The van der Waals surface area contributed by atoms with Crippen molar-refractivity contribution in [3.63, 3.8) is 0 Å². The second kappa shape index (κ2) is 5.82. The van der Waals surface area contributed by atoms with Crippen molar-refractivity contribution in [2.75, 3.05) is 10.6 Å². The van der Waals surface area contributed by atoms with Gasteiger partial charge in [0.2, 0.25) is 0 Å². The Labute approximate surface area is 124 Å². The molecule has 0 radical (unpaired) electrons. The number of nitrogens with one attached hydrogen (secondary N) is 2. The van der Waals surface area contributed by atoms with E-state index in [1.165, 1.54) is 10.9 Å². The molecule has 1 aromatic heterocycles. The van der Waals surface area contributed by atoms with Gasteiger partial charge in [-0.2, -0.15) is 10.4 Å². The minimum atomic E-state index is -0.525. The van der Waals surface area contributed by atoms with Gasteiger partial charge in [0, 0.05) is 22.8 Å². The van der Waals surface area contributed by atoms with Gasteiger partial charge in [0.25, 0.3) is 0 Å². The van der Waals surface area contributed by atoms with E-state index in [1.54, 1.807) is 25.2 Å². The second-order valence-corrected chi connectivity index (χ2v) is 4.75. The minimum Gasteiger partial charge on any atom is -0.308 e. The fourth-order valence-electron chi connectivity index (χ4n) is 1.56. The smallest absolute Gasteiger partial charge is 0.308 e. The van der Waals surface area contributed by atoms with E-state index in [0.717, 1.165) is 0 Å². The van der Waals surface area contributed by atoms with Gasteiger partial charge in [-0.25, -0.2) is 4.79 Å². The molecule has 0 saturated heterocycles. The Morgan fingerprint density at radius 2 is 1.95 bits per heavy atom. The van der Waals surface area contributed by atoms with E-state index in [0.29, 0.717) is 21.6 Å². The number of halogens is 2. The number of rotatable bonds is 2. The van der Waals surface area contributed by atoms with Crippen LogP contribution in [0.25, 0.3) is 0 Å². The number of carbonyl (C=O) groups excluding carboxylic acids is 1. The molecule has 0 atom stereocenters. The molecule has 0 fully saturated rings. The Hall–Kier alpha value is -2.23. The lowest BCUT2D eigenvalue weighted by molar-refractivity contribution is 0.262. The van der Waals surface area contributed by atoms with Crippen LogP contribution in [0.5, 0.6) is 0 Å². The number of aryl methyl sites for hydroxylation is 1. The van der Waals surface area contributed by atoms with Crippen LogP contribution in [0.3, 0.4) is 0 Å². The summed E-state index contributed by atoms with van der Waals surface area (Å²) >= 11 is 11.7. The van der Waals surface area contributed by atoms with Crippen LogP contribution in [0.15, 0.2) is 24.4 Å². The fourth-order valence-corrected chi connectivity index (χ4v) is 2.09. The molecule has 102 valence electrons. The maximum absolute atomic E-state index is 11.9. The van der Waals surface area contributed by atoms with Crippen molar-refractivity contribution >= 4 is 40.7 Å². The average Bonchev–Trinajstić information content (AvgIpc) is 2.69. The number of nitriles is 1. The zero-order valence-corrected chi connectivity index (χ0v) is 11.8. The Morgan fingerprint density at radius 3 is 2.55 bits per heavy atom. The summed E-state index contributed by atoms with van der Waals surface area (Å²) in [6, 6.07) is 6.08. The highest BCUT2D eigenvalue weighted by Crippen LogP contribution is 2.22. The van der Waals surface area contributed by atoms with Crippen LogP contribution in [0.4, 0.5) is 16.3 Å². The number of hydrogen-bond donors (Lipinski definition) is 2. The second-order valence-electron chi connectivity index (χ2n) is 3.88. The van der Waals surface area contributed by atoms with E-state index in [-0.39, 0.29) is 5.56 Å². The van der Waals surface area contributed by atoms with Gasteiger partial charge in [-0.3, -0.25) is 10.00 Å². The Balaban J connectivity index is 2.13. The predicted octanol–water partition coefficient (Wildman–Crippen LogP) is 3.24. The summed E-state index contributed by atoms with van der Waals surface area (Å²) in [5, 5.41) is 18.7. The van der Waals surface area contributed by atoms with Gasteiger partial charge in [0.1, 0.15) is 17.5 Å². The Morgan fingerprint density at radius 1 is 1.30 bits per heavy atom. The summed E-state index contributed by atoms with van der Waals surface area (Å²) < 4.78 is 1.39. The van der Waals surface area contributed by atoms with E-state index in [1.807, 2.05) is 6.07 Å². The summed E-state index contributed by atoms with van der Waals surface area (Å²) in [5.41, 5.74) is 0.715. The average molecular weight is 310 g/mol. The van der Waals surface area contributed by atoms with Gasteiger partial charge in [-0.15, -0.1) is 0 Å². The Bertz CT molecular complexity index is 684. The summed E-state index contributed by atoms with van der Waals surface area (Å²) in [4.78, 5) is 11.9. The molecule has 2 N–H and O–H groups in total. The molecule has 1 heterocycles. The molecule has 2 rings (SSSR count). The normalized spacial score (nSPS) is 9.90. The molecule has 0 bridgehead atoms. The highest BCUT2D eigenvalue weighted by molar-refractivity contribution is 6.35. The third kappa shape index (κ3) is 3.20. The van der Waals surface area contributed by atoms with Crippen LogP contribution in [0.1, 0.15) is 5.56 Å². The number of hydrogen-bond acceptors (Lipinski definition) is 3. The molecule has 20 heavy (non-hydrogen) atoms. The number of benzene rings is 1. The lowest BCUT2D eigenvalue weighted by Gasteiger charge is -2.08. The first kappa shape index (κ1) is 14.2. The fraction of sp³-hybridized carbons (Fsp3) is 0.0833. The molecule has 1 aromatic carbocycles. The van der Waals surface area contributed by atoms with Gasteiger partial charge < -0.3 is 5.32 Å². The molecule has 6 nitrogen and oxygen atoms in total. The van der Waals surface area contributed by atoms with E-state index in [9.17, 15) is 4.79 Å². The summed E-state index contributed by atoms with van der Waals surface area (Å²) in [6.07, 6.45) is 1.37. The first-order chi connectivity index (χ1) is 9.49. The number of urea groups is 1. The molecule has 0 spiro atoms. The maximum atomic E-state index is 11.9. The van der Waals surface area contributed by atoms with E-state index < -0.39 is 6.03 Å². The minimum absolute atomic E-state index is 0.270. The SMILES string of the molecule is Cn1ncc(C#N)c1NC(=O)Nc1cc(Cl)cc(Cl)c1. The summed E-state index contributed by atoms with van der Waals surface area (Å²) in [7, 11) is 1.62. The quantitative estimate of drug-likeness (QED) is 0.893. The summed E-state index contributed by atoms with van der Waals surface area (Å²) in [5.74, 6) is 0.304. The molecule has 0 aliphatic rings. The summed E-state index contributed by atoms with van der Waals surface area (Å²) in [6.45, 7) is 0. The number of nitrogens with zero attached hydrogens (tertiary/aromatic N) is 3. The first-order valence-electron chi connectivity index (χ1n) is 5.46. The van der Waals surface area contributed by atoms with Crippen LogP contribution in [-0.4, -0.2) is 15.8 Å². The van der Waals surface area contributed by atoms with Crippen LogP contribution in [0, 0.1) is 11.3 Å². The number of anilines is 2. The third-order valence-corrected chi connectivity index (χ3v) is 2.85. The maximum Gasteiger partial charge on any atom is 0.324 e. The standard InChI is InChI=1S/C12H9Cl2N5O/c1-19-11(7(5-15)6-16-19)18-12(20)17-10-3-8(13)2-9(14)4-10/h2-4,6H,1H3,(H2,17,18,20). The third-order valence-electron chi connectivity index (χ3n) is 2.41. The zero-order valence-electron chi connectivity index (χ0n) is 10.3. The Kier molecular flexibility index (Phi) is 4.13. The van der Waals surface area contributed by atoms with E-state index in [4.69, 9.17) is 28.5 Å². The molecule has 0 saturated carbocycles. The number of amides is 2. The van der Waals surface area contributed by atoms with Crippen molar-refractivity contribution < 1.29 is 4.79 Å². The molecular weight excluding hydrogens is 301 g/mol. The first-order valence-corrected chi connectivity index (χ1v) is 6.21. The monoisotopic (exact) mass is 309 g/mol. The zero-order chi connectivity index (χ0) is 14.7. The van der Waals surface area contributed by atoms with Crippen LogP contribution < -0.4 is 10.6 Å². The van der Waals surface area contributed by atoms with E-state index >= 15 is 0 Å². The van der Waals surface area contributed by atoms with Crippen molar-refractivity contribution in [2.45, 2.75) is 0 Å². The lowest BCUT2D eigenvalue weighted by atomic mass is 10.3. The van der Waals surface area contributed by atoms with Gasteiger partial charge in [-0.05, 0) is 18.2 Å². The molecule has 2 amide bonds. The molecule has 0 aliphatic heterocycles. The molecule has 8 heteroatoms. The highest BCUT2D eigenvalue weighted by atomic mass is 35.5. The molecule has 0 unspecified atom stereocenters. The van der Waals surface area contributed by atoms with Crippen molar-refractivity contribution in [3.8, 4) is 6.07 Å². The van der Waals surface area contributed by atoms with Gasteiger partial charge in [-0.1, -0.05) is 23.2 Å². The van der Waals surface area contributed by atoms with Crippen LogP contribution >= 0.6 is 23.2 Å². The number of carbonyl (C=O) groups is 1. The molecule has 2 aromatic rings. The van der Waals surface area contributed by atoms with E-state index in [2.05, 4.69) is 15.7 Å². The van der Waals surface area contributed by atoms with Crippen molar-refractivity contribution in [3.05, 3.63) is 40.0 Å². The van der Waals surface area contributed by atoms with Gasteiger partial charge in [0.05, 0.1) is 6.20 Å². The molecular formula is C12H9Cl2N5O. The van der Waals surface area contributed by atoms with Crippen LogP contribution in [-0.2, 0) is 7.05 Å². The topological polar surface area (TPSA) is 82.7 Å². The van der Waals surface area contributed by atoms with Crippen molar-refractivity contribution in [1.82, 2.24) is 9.78 Å². The van der Waals surface area contributed by atoms with Crippen molar-refractivity contribution in [1.29, 1.82) is 5.26 Å². The van der Waals surface area contributed by atoms with Gasteiger partial charge in [0.15, 0.2) is 0 Å². The predicted molar refractivity (Wildman–Crippen MR) is 77.0 cm³/mol.